The van der Waals surface area contributed by atoms with Crippen LogP contribution in [0.4, 0.5) is 0 Å². The minimum Gasteiger partial charge on any atom is -0.465 e. The summed E-state index contributed by atoms with van der Waals surface area (Å²) in [6, 6.07) is 6.05. The first-order chi connectivity index (χ1) is 8.17. The lowest BCUT2D eigenvalue weighted by molar-refractivity contribution is 0.0603. The first kappa shape index (κ1) is 11.5. The normalized spacial score (nSPS) is 10.5. The molecular formula is C14H15NO2. The molecule has 3 nitrogen and oxygen atoms in total. The van der Waals surface area contributed by atoms with Crippen molar-refractivity contribution in [3.8, 4) is 0 Å². The summed E-state index contributed by atoms with van der Waals surface area (Å²) in [5.41, 5.74) is 2.75. The summed E-state index contributed by atoms with van der Waals surface area (Å²) < 4.78 is 6.79. The Hall–Kier alpha value is -2.03. The van der Waals surface area contributed by atoms with E-state index < -0.39 is 0 Å². The highest BCUT2D eigenvalue weighted by molar-refractivity contribution is 6.04. The van der Waals surface area contributed by atoms with Gasteiger partial charge in [0.15, 0.2) is 0 Å². The zero-order chi connectivity index (χ0) is 12.4. The highest BCUT2D eigenvalue weighted by Gasteiger charge is 2.14. The van der Waals surface area contributed by atoms with Crippen molar-refractivity contribution < 1.29 is 9.53 Å². The molecule has 0 spiro atoms. The van der Waals surface area contributed by atoms with Gasteiger partial charge in [-0.3, -0.25) is 0 Å². The maximum atomic E-state index is 11.7. The van der Waals surface area contributed by atoms with Gasteiger partial charge in [0, 0.05) is 23.6 Å². The van der Waals surface area contributed by atoms with E-state index in [4.69, 9.17) is 4.74 Å². The molecule has 0 bridgehead atoms. The summed E-state index contributed by atoms with van der Waals surface area (Å²) in [5, 5.41) is 0.929. The molecule has 17 heavy (non-hydrogen) atoms. The number of benzene rings is 1. The molecule has 2 rings (SSSR count). The van der Waals surface area contributed by atoms with Crippen LogP contribution in [-0.4, -0.2) is 17.6 Å². The number of esters is 1. The summed E-state index contributed by atoms with van der Waals surface area (Å²) in [4.78, 5) is 11.7. The number of carbonyl (C=O) groups excluding carboxylic acids is 1. The van der Waals surface area contributed by atoms with Crippen molar-refractivity contribution in [1.29, 1.82) is 0 Å². The van der Waals surface area contributed by atoms with Crippen molar-refractivity contribution in [2.24, 2.45) is 0 Å². The molecular weight excluding hydrogens is 214 g/mol. The fourth-order valence-electron chi connectivity index (χ4n) is 1.97. The Morgan fingerprint density at radius 3 is 2.94 bits per heavy atom. The lowest BCUT2D eigenvalue weighted by Crippen LogP contribution is -2.00. The van der Waals surface area contributed by atoms with Crippen LogP contribution in [-0.2, 0) is 11.3 Å². The topological polar surface area (TPSA) is 31.2 Å². The highest BCUT2D eigenvalue weighted by atomic mass is 16.5. The van der Waals surface area contributed by atoms with Gasteiger partial charge in [-0.1, -0.05) is 17.7 Å². The molecule has 0 radical (unpaired) electrons. The molecule has 0 saturated heterocycles. The van der Waals surface area contributed by atoms with Gasteiger partial charge < -0.3 is 9.30 Å². The maximum Gasteiger partial charge on any atom is 0.340 e. The third kappa shape index (κ3) is 1.96. The van der Waals surface area contributed by atoms with E-state index in [9.17, 15) is 4.79 Å². The molecule has 0 amide bonds. The van der Waals surface area contributed by atoms with Crippen LogP contribution in [0.3, 0.4) is 0 Å². The second kappa shape index (κ2) is 4.45. The van der Waals surface area contributed by atoms with Crippen molar-refractivity contribution in [2.75, 3.05) is 7.11 Å². The van der Waals surface area contributed by atoms with E-state index in [0.717, 1.165) is 16.5 Å². The Kier molecular flexibility index (Phi) is 3.00. The van der Waals surface area contributed by atoms with Crippen molar-refractivity contribution >= 4 is 16.9 Å². The quantitative estimate of drug-likeness (QED) is 0.598. The number of aromatic nitrogens is 1. The summed E-state index contributed by atoms with van der Waals surface area (Å²) in [7, 11) is 1.40. The molecule has 88 valence electrons. The number of methoxy groups -OCH3 is 1. The van der Waals surface area contributed by atoms with Crippen LogP contribution in [0.25, 0.3) is 10.9 Å². The van der Waals surface area contributed by atoms with Crippen LogP contribution in [0.5, 0.6) is 0 Å². The van der Waals surface area contributed by atoms with E-state index in [0.29, 0.717) is 12.1 Å². The second-order valence-corrected chi connectivity index (χ2v) is 4.00. The van der Waals surface area contributed by atoms with Crippen LogP contribution >= 0.6 is 0 Å². The third-order valence-corrected chi connectivity index (χ3v) is 2.77. The van der Waals surface area contributed by atoms with Crippen molar-refractivity contribution in [3.05, 3.63) is 48.2 Å². The largest absolute Gasteiger partial charge is 0.465 e. The fourth-order valence-corrected chi connectivity index (χ4v) is 1.97. The fraction of sp³-hybridized carbons (Fsp3) is 0.214. The molecule has 1 aromatic heterocycles. The summed E-state index contributed by atoms with van der Waals surface area (Å²) in [6.07, 6.45) is 3.62. The zero-order valence-electron chi connectivity index (χ0n) is 10.1. The number of aryl methyl sites for hydroxylation is 1. The van der Waals surface area contributed by atoms with Gasteiger partial charge >= 0.3 is 5.97 Å². The lowest BCUT2D eigenvalue weighted by Gasteiger charge is -2.00. The van der Waals surface area contributed by atoms with Crippen LogP contribution in [0.15, 0.2) is 37.1 Å². The van der Waals surface area contributed by atoms with E-state index >= 15 is 0 Å². The molecule has 3 heteroatoms. The average molecular weight is 229 g/mol. The summed E-state index contributed by atoms with van der Waals surface area (Å²) >= 11 is 0. The smallest absolute Gasteiger partial charge is 0.340 e. The van der Waals surface area contributed by atoms with Crippen molar-refractivity contribution in [3.63, 3.8) is 0 Å². The van der Waals surface area contributed by atoms with Gasteiger partial charge in [0.25, 0.3) is 0 Å². The molecule has 0 fully saturated rings. The van der Waals surface area contributed by atoms with E-state index in [2.05, 4.69) is 6.58 Å². The Balaban J connectivity index is 2.70. The Morgan fingerprint density at radius 1 is 1.53 bits per heavy atom. The van der Waals surface area contributed by atoms with Crippen molar-refractivity contribution in [1.82, 2.24) is 4.57 Å². The summed E-state index contributed by atoms with van der Waals surface area (Å²) in [6.45, 7) is 6.40. The van der Waals surface area contributed by atoms with E-state index in [1.165, 1.54) is 7.11 Å². The number of rotatable bonds is 3. The first-order valence-corrected chi connectivity index (χ1v) is 5.46. The monoisotopic (exact) mass is 229 g/mol. The number of allylic oxidation sites excluding steroid dienone is 1. The van der Waals surface area contributed by atoms with Gasteiger partial charge in [0.2, 0.25) is 0 Å². The minimum atomic E-state index is -0.302. The van der Waals surface area contributed by atoms with Gasteiger partial charge in [-0.2, -0.15) is 0 Å². The highest BCUT2D eigenvalue weighted by Crippen LogP contribution is 2.23. The van der Waals surface area contributed by atoms with Crippen LogP contribution in [0.2, 0.25) is 0 Å². The number of nitrogens with zero attached hydrogens (tertiary/aromatic N) is 1. The average Bonchev–Trinajstić information content (AvgIpc) is 2.67. The number of ether oxygens (including phenoxy) is 1. The molecule has 2 aromatic rings. The molecule has 1 heterocycles. The second-order valence-electron chi connectivity index (χ2n) is 4.00. The lowest BCUT2D eigenvalue weighted by atomic mass is 10.1. The molecule has 0 unspecified atom stereocenters. The molecule has 0 aliphatic heterocycles. The Morgan fingerprint density at radius 2 is 2.29 bits per heavy atom. The van der Waals surface area contributed by atoms with Gasteiger partial charge in [-0.05, 0) is 19.1 Å². The molecule has 0 atom stereocenters. The zero-order valence-corrected chi connectivity index (χ0v) is 10.1. The van der Waals surface area contributed by atoms with E-state index in [-0.39, 0.29) is 5.97 Å². The molecule has 0 N–H and O–H groups in total. The predicted molar refractivity (Wildman–Crippen MR) is 68.2 cm³/mol. The van der Waals surface area contributed by atoms with Crippen LogP contribution in [0.1, 0.15) is 15.9 Å². The van der Waals surface area contributed by atoms with Gasteiger partial charge in [0.05, 0.1) is 12.7 Å². The van der Waals surface area contributed by atoms with Gasteiger partial charge in [0.1, 0.15) is 0 Å². The number of fused-ring (bicyclic) bond motifs is 1. The van der Waals surface area contributed by atoms with Crippen LogP contribution in [0, 0.1) is 6.92 Å². The minimum absolute atomic E-state index is 0.302. The molecule has 1 aromatic carbocycles. The Bertz CT molecular complexity index is 581. The standard InChI is InChI=1S/C14H15NO2/c1-4-7-15-9-12(14(16)17-3)11-8-10(2)5-6-13(11)15/h4-6,8-9H,1,7H2,2-3H3. The van der Waals surface area contributed by atoms with E-state index in [1.54, 1.807) is 6.08 Å². The number of hydrogen-bond donors (Lipinski definition) is 0. The maximum absolute atomic E-state index is 11.7. The first-order valence-electron chi connectivity index (χ1n) is 5.46. The molecule has 0 aliphatic rings. The molecule has 0 saturated carbocycles. The predicted octanol–water partition coefficient (Wildman–Crippen LogP) is 2.92. The summed E-state index contributed by atoms with van der Waals surface area (Å²) in [5.74, 6) is -0.302. The van der Waals surface area contributed by atoms with Crippen molar-refractivity contribution in [2.45, 2.75) is 13.5 Å². The van der Waals surface area contributed by atoms with E-state index in [1.807, 2.05) is 35.9 Å². The Labute approximate surface area is 100 Å². The number of carbonyl (C=O) groups is 1. The molecule has 0 aliphatic carbocycles. The van der Waals surface area contributed by atoms with Gasteiger partial charge in [-0.25, -0.2) is 4.79 Å². The number of hydrogen-bond acceptors (Lipinski definition) is 2. The third-order valence-electron chi connectivity index (χ3n) is 2.77. The van der Waals surface area contributed by atoms with Gasteiger partial charge in [-0.15, -0.1) is 6.58 Å². The van der Waals surface area contributed by atoms with Crippen LogP contribution < -0.4 is 0 Å². The SMILES string of the molecule is C=CCn1cc(C(=O)OC)c2cc(C)ccc21.